The van der Waals surface area contributed by atoms with Gasteiger partial charge in [-0.05, 0) is 24.6 Å². The Morgan fingerprint density at radius 3 is 2.31 bits per heavy atom. The number of ether oxygens (including phenoxy) is 1. The van der Waals surface area contributed by atoms with E-state index in [9.17, 15) is 0 Å². The van der Waals surface area contributed by atoms with Gasteiger partial charge in [0.05, 0.1) is 7.11 Å². The van der Waals surface area contributed by atoms with Gasteiger partial charge in [0.1, 0.15) is 5.75 Å². The molecule has 0 spiro atoms. The quantitative estimate of drug-likeness (QED) is 0.777. The van der Waals surface area contributed by atoms with E-state index < -0.39 is 0 Å². The van der Waals surface area contributed by atoms with E-state index >= 15 is 0 Å². The molecule has 0 radical (unpaired) electrons. The summed E-state index contributed by atoms with van der Waals surface area (Å²) in [5.41, 5.74) is 10.1. The fourth-order valence-electron chi connectivity index (χ4n) is 1.92. The molecule has 0 aliphatic rings. The number of rotatable bonds is 2. The summed E-state index contributed by atoms with van der Waals surface area (Å²) >= 11 is 0. The topological polar surface area (TPSA) is 35.2 Å². The van der Waals surface area contributed by atoms with Crippen molar-refractivity contribution < 1.29 is 4.74 Å². The van der Waals surface area contributed by atoms with Gasteiger partial charge in [0, 0.05) is 16.8 Å². The van der Waals surface area contributed by atoms with Crippen LogP contribution in [0.25, 0.3) is 11.1 Å². The lowest BCUT2D eigenvalue weighted by Gasteiger charge is -2.13. The van der Waals surface area contributed by atoms with Crippen molar-refractivity contribution >= 4 is 5.69 Å². The van der Waals surface area contributed by atoms with Crippen LogP contribution in [0.2, 0.25) is 0 Å². The largest absolute Gasteiger partial charge is 0.496 e. The van der Waals surface area contributed by atoms with Crippen LogP contribution in [0.15, 0.2) is 42.5 Å². The van der Waals surface area contributed by atoms with Crippen LogP contribution >= 0.6 is 0 Å². The molecule has 0 saturated heterocycles. The lowest BCUT2D eigenvalue weighted by atomic mass is 9.98. The molecule has 0 aliphatic heterocycles. The van der Waals surface area contributed by atoms with Gasteiger partial charge in [-0.2, -0.15) is 0 Å². The lowest BCUT2D eigenvalue weighted by molar-refractivity contribution is 0.412. The number of hydrogen-bond donors (Lipinski definition) is 1. The van der Waals surface area contributed by atoms with Crippen molar-refractivity contribution in [2.75, 3.05) is 12.8 Å². The van der Waals surface area contributed by atoms with Crippen LogP contribution < -0.4 is 10.5 Å². The summed E-state index contributed by atoms with van der Waals surface area (Å²) in [6.45, 7) is 2.03. The molecule has 2 N–H and O–H groups in total. The molecule has 2 aromatic rings. The molecule has 0 saturated carbocycles. The van der Waals surface area contributed by atoms with Crippen molar-refractivity contribution in [3.8, 4) is 16.9 Å². The number of nitrogen functional groups attached to an aromatic ring is 1. The minimum atomic E-state index is 0.782. The highest BCUT2D eigenvalue weighted by atomic mass is 16.5. The standard InChI is InChI=1S/C14H15NO/c1-10-13(16-2)9-8-12(15)14(10)11-6-4-3-5-7-11/h3-9H,15H2,1-2H3. The molecule has 2 aromatic carbocycles. The molecule has 2 heteroatoms. The summed E-state index contributed by atoms with van der Waals surface area (Å²) in [6.07, 6.45) is 0. The Kier molecular flexibility index (Phi) is 2.82. The molecule has 0 aromatic heterocycles. The van der Waals surface area contributed by atoms with Crippen molar-refractivity contribution in [3.05, 3.63) is 48.0 Å². The smallest absolute Gasteiger partial charge is 0.122 e. The Hall–Kier alpha value is -1.96. The molecule has 0 unspecified atom stereocenters. The second-order valence-electron chi connectivity index (χ2n) is 3.72. The van der Waals surface area contributed by atoms with Gasteiger partial charge in [-0.1, -0.05) is 30.3 Å². The van der Waals surface area contributed by atoms with Crippen molar-refractivity contribution in [2.45, 2.75) is 6.92 Å². The Morgan fingerprint density at radius 1 is 1.00 bits per heavy atom. The number of anilines is 1. The fraction of sp³-hybridized carbons (Fsp3) is 0.143. The van der Waals surface area contributed by atoms with Crippen LogP contribution in [0.4, 0.5) is 5.69 Å². The Labute approximate surface area is 95.7 Å². The summed E-state index contributed by atoms with van der Waals surface area (Å²) in [7, 11) is 1.67. The first-order valence-electron chi connectivity index (χ1n) is 5.22. The molecule has 0 bridgehead atoms. The first kappa shape index (κ1) is 10.6. The summed E-state index contributed by atoms with van der Waals surface area (Å²) in [6, 6.07) is 13.9. The molecule has 0 amide bonds. The molecular weight excluding hydrogens is 198 g/mol. The van der Waals surface area contributed by atoms with Gasteiger partial charge in [0.15, 0.2) is 0 Å². The third kappa shape index (κ3) is 1.74. The van der Waals surface area contributed by atoms with E-state index in [4.69, 9.17) is 10.5 Å². The van der Waals surface area contributed by atoms with Crippen LogP contribution in [0.1, 0.15) is 5.56 Å². The molecule has 2 nitrogen and oxygen atoms in total. The second kappa shape index (κ2) is 4.27. The van der Waals surface area contributed by atoms with Crippen LogP contribution in [0.3, 0.4) is 0 Å². The summed E-state index contributed by atoms with van der Waals surface area (Å²) in [4.78, 5) is 0. The van der Waals surface area contributed by atoms with E-state index in [1.54, 1.807) is 7.11 Å². The van der Waals surface area contributed by atoms with E-state index in [0.29, 0.717) is 0 Å². The van der Waals surface area contributed by atoms with Gasteiger partial charge in [-0.15, -0.1) is 0 Å². The van der Waals surface area contributed by atoms with E-state index in [0.717, 1.165) is 28.1 Å². The van der Waals surface area contributed by atoms with Gasteiger partial charge < -0.3 is 10.5 Å². The summed E-state index contributed by atoms with van der Waals surface area (Å²) in [5, 5.41) is 0. The number of methoxy groups -OCH3 is 1. The number of hydrogen-bond acceptors (Lipinski definition) is 2. The minimum Gasteiger partial charge on any atom is -0.496 e. The van der Waals surface area contributed by atoms with E-state index in [2.05, 4.69) is 12.1 Å². The van der Waals surface area contributed by atoms with Crippen LogP contribution in [-0.4, -0.2) is 7.11 Å². The zero-order chi connectivity index (χ0) is 11.5. The molecule has 0 fully saturated rings. The third-order valence-electron chi connectivity index (χ3n) is 2.73. The predicted molar refractivity (Wildman–Crippen MR) is 67.6 cm³/mol. The maximum absolute atomic E-state index is 6.02. The van der Waals surface area contributed by atoms with E-state index in [1.165, 1.54) is 0 Å². The Morgan fingerprint density at radius 2 is 1.69 bits per heavy atom. The maximum atomic E-state index is 6.02. The molecule has 82 valence electrons. The van der Waals surface area contributed by atoms with E-state index in [1.807, 2.05) is 37.3 Å². The van der Waals surface area contributed by atoms with Gasteiger partial charge in [0.2, 0.25) is 0 Å². The molecule has 0 atom stereocenters. The highest BCUT2D eigenvalue weighted by Crippen LogP contribution is 2.34. The average Bonchev–Trinajstić information content (AvgIpc) is 2.31. The lowest BCUT2D eigenvalue weighted by Crippen LogP contribution is -1.96. The summed E-state index contributed by atoms with van der Waals surface area (Å²) in [5.74, 6) is 0.869. The number of benzene rings is 2. The molecule has 0 aliphatic carbocycles. The number of nitrogens with two attached hydrogens (primary N) is 1. The monoisotopic (exact) mass is 213 g/mol. The van der Waals surface area contributed by atoms with Crippen molar-refractivity contribution in [2.24, 2.45) is 0 Å². The van der Waals surface area contributed by atoms with Crippen molar-refractivity contribution in [3.63, 3.8) is 0 Å². The summed E-state index contributed by atoms with van der Waals surface area (Å²) < 4.78 is 5.31. The van der Waals surface area contributed by atoms with Gasteiger partial charge in [-0.3, -0.25) is 0 Å². The zero-order valence-corrected chi connectivity index (χ0v) is 9.53. The average molecular weight is 213 g/mol. The third-order valence-corrected chi connectivity index (χ3v) is 2.73. The highest BCUT2D eigenvalue weighted by Gasteiger charge is 2.09. The molecule has 16 heavy (non-hydrogen) atoms. The molecule has 2 rings (SSSR count). The van der Waals surface area contributed by atoms with Gasteiger partial charge in [0.25, 0.3) is 0 Å². The van der Waals surface area contributed by atoms with Crippen molar-refractivity contribution in [1.29, 1.82) is 0 Å². The normalized spacial score (nSPS) is 10.1. The van der Waals surface area contributed by atoms with Crippen LogP contribution in [0, 0.1) is 6.92 Å². The molecule has 0 heterocycles. The zero-order valence-electron chi connectivity index (χ0n) is 9.53. The minimum absolute atomic E-state index is 0.782. The first-order chi connectivity index (χ1) is 7.74. The fourth-order valence-corrected chi connectivity index (χ4v) is 1.92. The van der Waals surface area contributed by atoms with Crippen LogP contribution in [-0.2, 0) is 0 Å². The van der Waals surface area contributed by atoms with Crippen LogP contribution in [0.5, 0.6) is 5.75 Å². The Balaban J connectivity index is 2.64. The van der Waals surface area contributed by atoms with Gasteiger partial charge >= 0.3 is 0 Å². The first-order valence-corrected chi connectivity index (χ1v) is 5.22. The highest BCUT2D eigenvalue weighted by molar-refractivity contribution is 5.81. The maximum Gasteiger partial charge on any atom is 0.122 e. The predicted octanol–water partition coefficient (Wildman–Crippen LogP) is 3.25. The SMILES string of the molecule is COc1ccc(N)c(-c2ccccc2)c1C. The Bertz CT molecular complexity index is 492. The van der Waals surface area contributed by atoms with Gasteiger partial charge in [-0.25, -0.2) is 0 Å². The van der Waals surface area contributed by atoms with E-state index in [-0.39, 0.29) is 0 Å². The molecular formula is C14H15NO. The van der Waals surface area contributed by atoms with Crippen molar-refractivity contribution in [1.82, 2.24) is 0 Å². The second-order valence-corrected chi connectivity index (χ2v) is 3.72.